The number of nitriles is 1. The van der Waals surface area contributed by atoms with Gasteiger partial charge in [-0.1, -0.05) is 18.2 Å². The van der Waals surface area contributed by atoms with Gasteiger partial charge in [0.1, 0.15) is 17.7 Å². The van der Waals surface area contributed by atoms with E-state index in [1.807, 2.05) is 17.0 Å². The molecule has 1 atom stereocenters. The van der Waals surface area contributed by atoms with Crippen molar-refractivity contribution in [3.63, 3.8) is 0 Å². The van der Waals surface area contributed by atoms with Crippen LogP contribution >= 0.6 is 0 Å². The minimum Gasteiger partial charge on any atom is -0.348 e. The topological polar surface area (TPSA) is 52.8 Å². The number of nitrogens with zero attached hydrogens (tertiary/aromatic N) is 4. The van der Waals surface area contributed by atoms with Gasteiger partial charge in [-0.25, -0.2) is 14.4 Å². The molecule has 5 heteroatoms. The Kier molecular flexibility index (Phi) is 2.84. The van der Waals surface area contributed by atoms with Crippen LogP contribution < -0.4 is 4.90 Å². The highest BCUT2D eigenvalue weighted by Gasteiger charge is 2.32. The van der Waals surface area contributed by atoms with Crippen LogP contribution in [0.2, 0.25) is 0 Å². The smallest absolute Gasteiger partial charge is 0.158 e. The fourth-order valence-electron chi connectivity index (χ4n) is 2.26. The van der Waals surface area contributed by atoms with Crippen molar-refractivity contribution < 1.29 is 4.39 Å². The van der Waals surface area contributed by atoms with Crippen LogP contribution in [0.5, 0.6) is 0 Å². The fraction of sp³-hybridized carbons (Fsp3) is 0.214. The molecule has 1 aliphatic rings. The quantitative estimate of drug-likeness (QED) is 0.826. The average molecular weight is 254 g/mol. The van der Waals surface area contributed by atoms with E-state index in [1.54, 1.807) is 18.3 Å². The van der Waals surface area contributed by atoms with E-state index in [0.29, 0.717) is 11.4 Å². The molecule has 1 aliphatic heterocycles. The van der Waals surface area contributed by atoms with Crippen molar-refractivity contribution >= 4 is 5.82 Å². The molecule has 0 bridgehead atoms. The summed E-state index contributed by atoms with van der Waals surface area (Å²) in [6.07, 6.45) is 3.89. The van der Waals surface area contributed by atoms with Crippen molar-refractivity contribution in [3.05, 3.63) is 53.7 Å². The molecule has 1 aromatic carbocycles. The predicted octanol–water partition coefficient (Wildman–Crippen LogP) is 2.44. The lowest BCUT2D eigenvalue weighted by Crippen LogP contribution is -2.42. The van der Waals surface area contributed by atoms with Crippen LogP contribution in [0.4, 0.5) is 10.2 Å². The van der Waals surface area contributed by atoms with Crippen LogP contribution in [0.25, 0.3) is 0 Å². The minimum absolute atomic E-state index is 0.00318. The number of hydrogen-bond acceptors (Lipinski definition) is 4. The van der Waals surface area contributed by atoms with Crippen LogP contribution in [0, 0.1) is 17.1 Å². The molecular weight excluding hydrogens is 243 g/mol. The van der Waals surface area contributed by atoms with Crippen LogP contribution in [0.1, 0.15) is 23.7 Å². The van der Waals surface area contributed by atoms with Crippen molar-refractivity contribution in [1.82, 2.24) is 9.97 Å². The third-order valence-electron chi connectivity index (χ3n) is 3.33. The summed E-state index contributed by atoms with van der Waals surface area (Å²) in [7, 11) is 0. The van der Waals surface area contributed by atoms with E-state index >= 15 is 0 Å². The van der Waals surface area contributed by atoms with Gasteiger partial charge in [0.25, 0.3) is 0 Å². The highest BCUT2D eigenvalue weighted by atomic mass is 19.1. The molecule has 0 saturated carbocycles. The number of halogens is 1. The Morgan fingerprint density at radius 1 is 1.26 bits per heavy atom. The SMILES string of the molecule is N#Cc1cnc(N2CCC2c2ccccc2F)cn1. The lowest BCUT2D eigenvalue weighted by Gasteiger charge is -2.42. The molecule has 1 fully saturated rings. The van der Waals surface area contributed by atoms with E-state index in [0.717, 1.165) is 13.0 Å². The Morgan fingerprint density at radius 2 is 2.11 bits per heavy atom. The van der Waals surface area contributed by atoms with Gasteiger partial charge >= 0.3 is 0 Å². The maximum atomic E-state index is 13.8. The van der Waals surface area contributed by atoms with Gasteiger partial charge in [-0.2, -0.15) is 5.26 Å². The third-order valence-corrected chi connectivity index (χ3v) is 3.33. The van der Waals surface area contributed by atoms with Crippen LogP contribution in [-0.4, -0.2) is 16.5 Å². The molecule has 2 heterocycles. The van der Waals surface area contributed by atoms with Crippen molar-refractivity contribution in [2.75, 3.05) is 11.4 Å². The third kappa shape index (κ3) is 2.02. The van der Waals surface area contributed by atoms with Gasteiger partial charge in [0.15, 0.2) is 5.69 Å². The van der Waals surface area contributed by atoms with E-state index in [1.165, 1.54) is 12.3 Å². The second-order valence-corrected chi connectivity index (χ2v) is 4.39. The summed E-state index contributed by atoms with van der Waals surface area (Å²) >= 11 is 0. The molecule has 94 valence electrons. The first-order valence-electron chi connectivity index (χ1n) is 6.03. The van der Waals surface area contributed by atoms with Crippen LogP contribution in [0.3, 0.4) is 0 Å². The molecule has 1 saturated heterocycles. The molecular formula is C14H11FN4. The second kappa shape index (κ2) is 4.65. The summed E-state index contributed by atoms with van der Waals surface area (Å²) in [6, 6.07) is 8.71. The molecule has 1 aromatic heterocycles. The summed E-state index contributed by atoms with van der Waals surface area (Å²) in [5, 5.41) is 8.69. The minimum atomic E-state index is -0.196. The van der Waals surface area contributed by atoms with Gasteiger partial charge in [-0.15, -0.1) is 0 Å². The van der Waals surface area contributed by atoms with E-state index in [-0.39, 0.29) is 17.6 Å². The maximum Gasteiger partial charge on any atom is 0.158 e. The summed E-state index contributed by atoms with van der Waals surface area (Å²) in [6.45, 7) is 0.819. The second-order valence-electron chi connectivity index (χ2n) is 4.39. The van der Waals surface area contributed by atoms with E-state index in [2.05, 4.69) is 9.97 Å². The lowest BCUT2D eigenvalue weighted by molar-refractivity contribution is 0.440. The van der Waals surface area contributed by atoms with Crippen LogP contribution in [0.15, 0.2) is 36.7 Å². The Morgan fingerprint density at radius 3 is 2.68 bits per heavy atom. The molecule has 1 unspecified atom stereocenters. The first-order chi connectivity index (χ1) is 9.29. The highest BCUT2D eigenvalue weighted by molar-refractivity contribution is 5.45. The monoisotopic (exact) mass is 254 g/mol. The van der Waals surface area contributed by atoms with Crippen molar-refractivity contribution in [1.29, 1.82) is 5.26 Å². The first-order valence-corrected chi connectivity index (χ1v) is 6.03. The Bertz CT molecular complexity index is 633. The maximum absolute atomic E-state index is 13.8. The molecule has 0 amide bonds. The predicted molar refractivity (Wildman–Crippen MR) is 67.9 cm³/mol. The fourth-order valence-corrected chi connectivity index (χ4v) is 2.26. The van der Waals surface area contributed by atoms with Gasteiger partial charge in [-0.3, -0.25) is 0 Å². The molecule has 0 radical (unpaired) electrons. The zero-order chi connectivity index (χ0) is 13.2. The largest absolute Gasteiger partial charge is 0.348 e. The summed E-state index contributed by atoms with van der Waals surface area (Å²) < 4.78 is 13.8. The molecule has 4 nitrogen and oxygen atoms in total. The van der Waals surface area contributed by atoms with Crippen LogP contribution in [-0.2, 0) is 0 Å². The Hall–Kier alpha value is -2.48. The number of aromatic nitrogens is 2. The van der Waals surface area contributed by atoms with Gasteiger partial charge < -0.3 is 4.90 Å². The van der Waals surface area contributed by atoms with Gasteiger partial charge in [0, 0.05) is 12.1 Å². The normalized spacial score (nSPS) is 17.7. The van der Waals surface area contributed by atoms with E-state index in [9.17, 15) is 4.39 Å². The zero-order valence-corrected chi connectivity index (χ0v) is 10.1. The van der Waals surface area contributed by atoms with Gasteiger partial charge in [0.05, 0.1) is 18.4 Å². The Labute approximate surface area is 110 Å². The number of anilines is 1. The number of benzene rings is 1. The number of rotatable bonds is 2. The van der Waals surface area contributed by atoms with E-state index in [4.69, 9.17) is 5.26 Å². The lowest BCUT2D eigenvalue weighted by atomic mass is 9.94. The Balaban J connectivity index is 1.87. The summed E-state index contributed by atoms with van der Waals surface area (Å²) in [5.41, 5.74) is 0.964. The highest BCUT2D eigenvalue weighted by Crippen LogP contribution is 2.37. The van der Waals surface area contributed by atoms with Crippen molar-refractivity contribution in [2.45, 2.75) is 12.5 Å². The molecule has 0 N–H and O–H groups in total. The standard InChI is InChI=1S/C14H11FN4/c15-12-4-2-1-3-11(12)13-5-6-19(13)14-9-17-10(7-16)8-18-14/h1-4,8-9,13H,5-6H2. The zero-order valence-electron chi connectivity index (χ0n) is 10.1. The molecule has 0 spiro atoms. The van der Waals surface area contributed by atoms with Gasteiger partial charge in [0.2, 0.25) is 0 Å². The number of hydrogen-bond donors (Lipinski definition) is 0. The summed E-state index contributed by atoms with van der Waals surface area (Å²) in [4.78, 5) is 10.2. The van der Waals surface area contributed by atoms with Crippen molar-refractivity contribution in [3.8, 4) is 6.07 Å². The molecule has 0 aliphatic carbocycles. The van der Waals surface area contributed by atoms with Crippen molar-refractivity contribution in [2.24, 2.45) is 0 Å². The first kappa shape index (κ1) is 11.6. The van der Waals surface area contributed by atoms with E-state index < -0.39 is 0 Å². The molecule has 19 heavy (non-hydrogen) atoms. The van der Waals surface area contributed by atoms with Gasteiger partial charge in [-0.05, 0) is 12.5 Å². The molecule has 2 aromatic rings. The summed E-state index contributed by atoms with van der Waals surface area (Å²) in [5.74, 6) is 0.484. The molecule has 3 rings (SSSR count). The average Bonchev–Trinajstić information content (AvgIpc) is 2.41.